The van der Waals surface area contributed by atoms with Gasteiger partial charge in [0.15, 0.2) is 9.84 Å². The fraction of sp³-hybridized carbons (Fsp3) is 0.923. The molecule has 1 unspecified atom stereocenters. The number of hydrogen-bond acceptors (Lipinski definition) is 4. The summed E-state index contributed by atoms with van der Waals surface area (Å²) in [6, 6.07) is -0.152. The lowest BCUT2D eigenvalue weighted by Crippen LogP contribution is -2.60. The molecule has 0 aromatic heterocycles. The summed E-state index contributed by atoms with van der Waals surface area (Å²) in [6.07, 6.45) is 2.34. The highest BCUT2D eigenvalue weighted by Gasteiger charge is 2.31. The number of carbonyl (C=O) groups is 1. The van der Waals surface area contributed by atoms with Gasteiger partial charge in [0, 0.05) is 31.7 Å². The molecule has 0 bridgehead atoms. The summed E-state index contributed by atoms with van der Waals surface area (Å²) in [7, 11) is -3.02. The molecule has 7 heteroatoms. The Morgan fingerprint density at radius 2 is 2.15 bits per heavy atom. The largest absolute Gasteiger partial charge is 0.337 e. The fourth-order valence-electron chi connectivity index (χ4n) is 2.88. The summed E-state index contributed by atoms with van der Waals surface area (Å²) < 4.78 is 23.8. The summed E-state index contributed by atoms with van der Waals surface area (Å²) >= 11 is 0. The molecule has 0 saturated carbocycles. The third kappa shape index (κ3) is 3.85. The second-order valence-electron chi connectivity index (χ2n) is 6.40. The van der Waals surface area contributed by atoms with Crippen LogP contribution in [-0.2, 0) is 9.84 Å². The van der Waals surface area contributed by atoms with E-state index in [9.17, 15) is 13.2 Å². The Morgan fingerprint density at radius 1 is 1.40 bits per heavy atom. The van der Waals surface area contributed by atoms with Gasteiger partial charge in [-0.3, -0.25) is 0 Å². The molecule has 0 aliphatic carbocycles. The molecule has 2 aliphatic rings. The van der Waals surface area contributed by atoms with Crippen molar-refractivity contribution in [1.82, 2.24) is 15.5 Å². The summed E-state index contributed by atoms with van der Waals surface area (Å²) in [5.41, 5.74) is -0.0908. The van der Waals surface area contributed by atoms with Crippen LogP contribution < -0.4 is 10.6 Å². The van der Waals surface area contributed by atoms with Gasteiger partial charge in [-0.1, -0.05) is 6.42 Å². The highest BCUT2D eigenvalue weighted by Crippen LogP contribution is 2.19. The van der Waals surface area contributed by atoms with Crippen molar-refractivity contribution in [2.75, 3.05) is 31.9 Å². The first-order valence-corrected chi connectivity index (χ1v) is 9.01. The van der Waals surface area contributed by atoms with E-state index in [-0.39, 0.29) is 23.9 Å². The SMILES string of the molecule is CC1(C)CN(C(=O)NCC2CCCCS2(=O)=O)CCN1. The zero-order valence-corrected chi connectivity index (χ0v) is 13.1. The van der Waals surface area contributed by atoms with E-state index < -0.39 is 15.1 Å². The van der Waals surface area contributed by atoms with E-state index in [1.807, 2.05) is 0 Å². The first-order valence-electron chi connectivity index (χ1n) is 7.30. The van der Waals surface area contributed by atoms with E-state index >= 15 is 0 Å². The number of nitrogens with one attached hydrogen (secondary N) is 2. The predicted octanol–water partition coefficient (Wildman–Crippen LogP) is 0.347. The Bertz CT molecular complexity index is 461. The maximum Gasteiger partial charge on any atom is 0.317 e. The third-order valence-electron chi connectivity index (χ3n) is 4.05. The number of urea groups is 1. The van der Waals surface area contributed by atoms with E-state index in [0.717, 1.165) is 19.4 Å². The third-order valence-corrected chi connectivity index (χ3v) is 6.33. The van der Waals surface area contributed by atoms with E-state index in [1.54, 1.807) is 4.90 Å². The minimum atomic E-state index is -3.02. The minimum Gasteiger partial charge on any atom is -0.337 e. The second-order valence-corrected chi connectivity index (χ2v) is 8.80. The van der Waals surface area contributed by atoms with Crippen molar-refractivity contribution in [3.63, 3.8) is 0 Å². The lowest BCUT2D eigenvalue weighted by molar-refractivity contribution is 0.154. The number of nitrogens with zero attached hydrogens (tertiary/aromatic N) is 1. The van der Waals surface area contributed by atoms with Crippen LogP contribution in [0.5, 0.6) is 0 Å². The minimum absolute atomic E-state index is 0.0908. The van der Waals surface area contributed by atoms with E-state index in [1.165, 1.54) is 0 Å². The molecule has 2 heterocycles. The molecule has 2 saturated heterocycles. The number of amides is 2. The lowest BCUT2D eigenvalue weighted by Gasteiger charge is -2.39. The van der Waals surface area contributed by atoms with Crippen LogP contribution in [0.4, 0.5) is 4.79 Å². The van der Waals surface area contributed by atoms with Crippen LogP contribution in [0.1, 0.15) is 33.1 Å². The van der Waals surface area contributed by atoms with Crippen LogP contribution >= 0.6 is 0 Å². The zero-order valence-electron chi connectivity index (χ0n) is 12.3. The molecule has 2 rings (SSSR count). The molecule has 1 atom stereocenters. The van der Waals surface area contributed by atoms with Crippen LogP contribution in [0, 0.1) is 0 Å². The van der Waals surface area contributed by atoms with Crippen molar-refractivity contribution < 1.29 is 13.2 Å². The fourth-order valence-corrected chi connectivity index (χ4v) is 4.68. The predicted molar refractivity (Wildman–Crippen MR) is 78.5 cm³/mol. The highest BCUT2D eigenvalue weighted by molar-refractivity contribution is 7.92. The smallest absolute Gasteiger partial charge is 0.317 e. The van der Waals surface area contributed by atoms with Gasteiger partial charge in [-0.2, -0.15) is 0 Å². The lowest BCUT2D eigenvalue weighted by atomic mass is 10.0. The van der Waals surface area contributed by atoms with Gasteiger partial charge in [0.1, 0.15) is 0 Å². The topological polar surface area (TPSA) is 78.5 Å². The van der Waals surface area contributed by atoms with Crippen LogP contribution in [0.3, 0.4) is 0 Å². The van der Waals surface area contributed by atoms with Gasteiger partial charge in [-0.05, 0) is 26.7 Å². The van der Waals surface area contributed by atoms with Gasteiger partial charge in [0.2, 0.25) is 0 Å². The first-order chi connectivity index (χ1) is 9.30. The van der Waals surface area contributed by atoms with Crippen molar-refractivity contribution in [3.05, 3.63) is 0 Å². The van der Waals surface area contributed by atoms with Gasteiger partial charge in [-0.25, -0.2) is 13.2 Å². The quantitative estimate of drug-likeness (QED) is 0.771. The van der Waals surface area contributed by atoms with Crippen molar-refractivity contribution in [2.45, 2.75) is 43.9 Å². The van der Waals surface area contributed by atoms with Crippen LogP contribution in [0.2, 0.25) is 0 Å². The molecule has 2 fully saturated rings. The number of piperazine rings is 1. The summed E-state index contributed by atoms with van der Waals surface area (Å²) in [5.74, 6) is 0.258. The highest BCUT2D eigenvalue weighted by atomic mass is 32.2. The summed E-state index contributed by atoms with van der Waals surface area (Å²) in [4.78, 5) is 13.9. The molecule has 0 radical (unpaired) electrons. The molecule has 6 nitrogen and oxygen atoms in total. The monoisotopic (exact) mass is 303 g/mol. The molecule has 2 amide bonds. The number of rotatable bonds is 2. The van der Waals surface area contributed by atoms with Gasteiger partial charge in [0.25, 0.3) is 0 Å². The van der Waals surface area contributed by atoms with Gasteiger partial charge in [-0.15, -0.1) is 0 Å². The summed E-state index contributed by atoms with van der Waals surface area (Å²) in [5, 5.41) is 5.73. The van der Waals surface area contributed by atoms with Gasteiger partial charge < -0.3 is 15.5 Å². The Labute approximate surface area is 121 Å². The number of sulfone groups is 1. The molecule has 2 aliphatic heterocycles. The maximum atomic E-state index is 12.1. The van der Waals surface area contributed by atoms with Crippen molar-refractivity contribution >= 4 is 15.9 Å². The van der Waals surface area contributed by atoms with Gasteiger partial charge in [0.05, 0.1) is 11.0 Å². The Kier molecular flexibility index (Phi) is 4.59. The Hall–Kier alpha value is -0.820. The van der Waals surface area contributed by atoms with Gasteiger partial charge >= 0.3 is 6.03 Å². The molecule has 20 heavy (non-hydrogen) atoms. The Balaban J connectivity index is 1.86. The normalized spacial score (nSPS) is 28.9. The molecule has 0 aromatic rings. The zero-order chi connectivity index (χ0) is 14.8. The molecule has 0 spiro atoms. The number of carbonyl (C=O) groups excluding carboxylic acids is 1. The number of hydrogen-bond donors (Lipinski definition) is 2. The van der Waals surface area contributed by atoms with E-state index in [4.69, 9.17) is 0 Å². The molecule has 116 valence electrons. The molecular formula is C13H25N3O3S. The first kappa shape index (κ1) is 15.6. The van der Waals surface area contributed by atoms with E-state index in [0.29, 0.717) is 19.5 Å². The van der Waals surface area contributed by atoms with Crippen molar-refractivity contribution in [2.24, 2.45) is 0 Å². The molecular weight excluding hydrogens is 278 g/mol. The average Bonchev–Trinajstić information content (AvgIpc) is 2.35. The molecule has 0 aromatic carbocycles. The van der Waals surface area contributed by atoms with Crippen LogP contribution in [0.25, 0.3) is 0 Å². The average molecular weight is 303 g/mol. The second kappa shape index (κ2) is 5.89. The van der Waals surface area contributed by atoms with Crippen LogP contribution in [-0.4, -0.2) is 62.1 Å². The van der Waals surface area contributed by atoms with E-state index in [2.05, 4.69) is 24.5 Å². The van der Waals surface area contributed by atoms with Crippen LogP contribution in [0.15, 0.2) is 0 Å². The van der Waals surface area contributed by atoms with Crippen molar-refractivity contribution in [3.8, 4) is 0 Å². The molecule has 2 N–H and O–H groups in total. The van der Waals surface area contributed by atoms with Crippen molar-refractivity contribution in [1.29, 1.82) is 0 Å². The summed E-state index contributed by atoms with van der Waals surface area (Å²) in [6.45, 7) is 6.41. The maximum absolute atomic E-state index is 12.1. The Morgan fingerprint density at radius 3 is 2.80 bits per heavy atom. The standard InChI is InChI=1S/C13H25N3O3S/c1-13(2)10-16(7-6-15-13)12(17)14-9-11-5-3-4-8-20(11,18)19/h11,15H,3-10H2,1-2H3,(H,14,17).